The molecule has 1 aliphatic carbocycles. The fourth-order valence-electron chi connectivity index (χ4n) is 7.57. The lowest BCUT2D eigenvalue weighted by Gasteiger charge is -2.34. The van der Waals surface area contributed by atoms with Crippen LogP contribution in [0.1, 0.15) is 45.6 Å². The summed E-state index contributed by atoms with van der Waals surface area (Å²) in [7, 11) is 0. The molecule has 0 aliphatic heterocycles. The molecular weight excluding hydrogens is 480 g/mol. The number of allylic oxidation sites excluding steroid dienone is 2. The molecule has 0 saturated heterocycles. The molecule has 1 unspecified atom stereocenters. The van der Waals surface area contributed by atoms with Crippen molar-refractivity contribution in [3.8, 4) is 11.1 Å². The van der Waals surface area contributed by atoms with Gasteiger partial charge in [-0.05, 0) is 107 Å². The van der Waals surface area contributed by atoms with Gasteiger partial charge >= 0.3 is 0 Å². The second kappa shape index (κ2) is 8.67. The molecule has 0 radical (unpaired) electrons. The van der Waals surface area contributed by atoms with Crippen LogP contribution in [-0.2, 0) is 0 Å². The van der Waals surface area contributed by atoms with Gasteiger partial charge in [0, 0.05) is 0 Å². The van der Waals surface area contributed by atoms with E-state index in [2.05, 4.69) is 130 Å². The first-order chi connectivity index (χ1) is 19.5. The van der Waals surface area contributed by atoms with Crippen LogP contribution in [0.15, 0.2) is 109 Å². The summed E-state index contributed by atoms with van der Waals surface area (Å²) in [5, 5.41) is 13.5. The third-order valence-electron chi connectivity index (χ3n) is 9.69. The molecule has 1 aliphatic rings. The molecule has 0 heteroatoms. The third kappa shape index (κ3) is 3.45. The first-order valence-electron chi connectivity index (χ1n) is 14.8. The van der Waals surface area contributed by atoms with Crippen molar-refractivity contribution >= 4 is 59.4 Å². The van der Waals surface area contributed by atoms with Crippen LogP contribution in [0, 0.1) is 11.3 Å². The van der Waals surface area contributed by atoms with Crippen LogP contribution in [0.25, 0.3) is 70.6 Å². The largest absolute Gasteiger partial charge is 0.0804 e. The fourth-order valence-corrected chi connectivity index (χ4v) is 7.57. The van der Waals surface area contributed by atoms with E-state index in [1.54, 1.807) is 0 Å². The van der Waals surface area contributed by atoms with Crippen molar-refractivity contribution in [3.05, 3.63) is 115 Å². The molecule has 0 saturated carbocycles. The van der Waals surface area contributed by atoms with E-state index in [0.717, 1.165) is 18.8 Å². The van der Waals surface area contributed by atoms with E-state index in [4.69, 9.17) is 0 Å². The maximum absolute atomic E-state index is 2.56. The molecule has 7 aromatic carbocycles. The molecule has 0 aromatic heterocycles. The molecule has 0 bridgehead atoms. The Labute approximate surface area is 236 Å². The zero-order chi connectivity index (χ0) is 27.0. The highest BCUT2D eigenvalue weighted by Crippen LogP contribution is 2.48. The van der Waals surface area contributed by atoms with Gasteiger partial charge in [-0.25, -0.2) is 0 Å². The molecule has 40 heavy (non-hydrogen) atoms. The van der Waals surface area contributed by atoms with Gasteiger partial charge in [-0.1, -0.05) is 130 Å². The molecule has 194 valence electrons. The maximum Gasteiger partial charge on any atom is -0.00201 e. The summed E-state index contributed by atoms with van der Waals surface area (Å²) < 4.78 is 0. The zero-order valence-electron chi connectivity index (χ0n) is 23.6. The summed E-state index contributed by atoms with van der Waals surface area (Å²) >= 11 is 0. The number of rotatable bonds is 2. The van der Waals surface area contributed by atoms with Crippen LogP contribution in [0.5, 0.6) is 0 Å². The van der Waals surface area contributed by atoms with Gasteiger partial charge in [0.05, 0.1) is 0 Å². The maximum atomic E-state index is 2.56. The Hall–Kier alpha value is -4.16. The van der Waals surface area contributed by atoms with Crippen LogP contribution in [0.2, 0.25) is 0 Å². The molecular formula is C40H34. The minimum absolute atomic E-state index is 0.352. The lowest BCUT2D eigenvalue weighted by molar-refractivity contribution is 0.225. The summed E-state index contributed by atoms with van der Waals surface area (Å²) in [6, 6.07) is 38.8. The normalized spacial score (nSPS) is 16.5. The monoisotopic (exact) mass is 514 g/mol. The van der Waals surface area contributed by atoms with E-state index < -0.39 is 0 Å². The van der Waals surface area contributed by atoms with Crippen molar-refractivity contribution in [1.29, 1.82) is 0 Å². The van der Waals surface area contributed by atoms with Gasteiger partial charge in [-0.2, -0.15) is 0 Å². The van der Waals surface area contributed by atoms with Gasteiger partial charge in [0.15, 0.2) is 0 Å². The topological polar surface area (TPSA) is 0 Å². The van der Waals surface area contributed by atoms with Crippen LogP contribution < -0.4 is 0 Å². The Balaban J connectivity index is 1.45. The van der Waals surface area contributed by atoms with Crippen molar-refractivity contribution in [2.75, 3.05) is 0 Å². The predicted octanol–water partition coefficient (Wildman–Crippen LogP) is 11.8. The number of fused-ring (bicyclic) bond motifs is 2. The predicted molar refractivity (Wildman–Crippen MR) is 175 cm³/mol. The van der Waals surface area contributed by atoms with Gasteiger partial charge in [-0.3, -0.25) is 0 Å². The first kappa shape index (κ1) is 23.7. The molecule has 0 amide bonds. The van der Waals surface area contributed by atoms with Crippen LogP contribution >= 0.6 is 0 Å². The van der Waals surface area contributed by atoms with Crippen LogP contribution in [-0.4, -0.2) is 0 Å². The Morgan fingerprint density at radius 1 is 0.525 bits per heavy atom. The van der Waals surface area contributed by atoms with Gasteiger partial charge in [0.25, 0.3) is 0 Å². The second-order valence-corrected chi connectivity index (χ2v) is 12.9. The standard InChI is InChI=1S/C40H34/c1-40(2,3)29-21-17-27(18-22-29)37-30-11-4-6-13-32(30)39(33-14-7-5-12-31(33)37)35-24-20-28-16-15-25-9-8-10-26-19-23-34(35)38(28)36(25)26/h4-17,19-20,23-24,29H,18,21-22H2,1-3H3. The Morgan fingerprint density at radius 3 is 1.65 bits per heavy atom. The quantitative estimate of drug-likeness (QED) is 0.159. The molecule has 0 spiro atoms. The van der Waals surface area contributed by atoms with E-state index in [1.165, 1.54) is 82.5 Å². The summed E-state index contributed by atoms with van der Waals surface area (Å²) in [6.07, 6.45) is 6.13. The SMILES string of the molecule is CC(C)(C)C1CC=C(c2c3ccccc3c(-c3ccc4ccc5cccc6ccc3c4c56)c3ccccc23)CC1. The van der Waals surface area contributed by atoms with Crippen molar-refractivity contribution in [2.24, 2.45) is 11.3 Å². The van der Waals surface area contributed by atoms with Crippen molar-refractivity contribution < 1.29 is 0 Å². The zero-order valence-corrected chi connectivity index (χ0v) is 23.6. The highest BCUT2D eigenvalue weighted by Gasteiger charge is 2.28. The summed E-state index contributed by atoms with van der Waals surface area (Å²) in [5.41, 5.74) is 6.01. The lowest BCUT2D eigenvalue weighted by atomic mass is 9.71. The third-order valence-corrected chi connectivity index (χ3v) is 9.69. The van der Waals surface area contributed by atoms with E-state index in [0.29, 0.717) is 5.41 Å². The Morgan fingerprint density at radius 2 is 1.07 bits per heavy atom. The Kier molecular flexibility index (Phi) is 5.14. The van der Waals surface area contributed by atoms with E-state index in [-0.39, 0.29) is 0 Å². The first-order valence-corrected chi connectivity index (χ1v) is 14.8. The smallest absolute Gasteiger partial charge is 0.00201 e. The van der Waals surface area contributed by atoms with Crippen LogP contribution in [0.4, 0.5) is 0 Å². The molecule has 8 rings (SSSR count). The van der Waals surface area contributed by atoms with Crippen molar-refractivity contribution in [3.63, 3.8) is 0 Å². The average Bonchev–Trinajstić information content (AvgIpc) is 2.98. The molecule has 0 N–H and O–H groups in total. The van der Waals surface area contributed by atoms with Gasteiger partial charge in [0.2, 0.25) is 0 Å². The summed E-state index contributed by atoms with van der Waals surface area (Å²) in [4.78, 5) is 0. The minimum atomic E-state index is 0.352. The van der Waals surface area contributed by atoms with Gasteiger partial charge in [-0.15, -0.1) is 0 Å². The molecule has 0 heterocycles. The number of hydrogen-bond acceptors (Lipinski definition) is 0. The van der Waals surface area contributed by atoms with Gasteiger partial charge < -0.3 is 0 Å². The van der Waals surface area contributed by atoms with Crippen LogP contribution in [0.3, 0.4) is 0 Å². The highest BCUT2D eigenvalue weighted by atomic mass is 14.3. The van der Waals surface area contributed by atoms with E-state index in [9.17, 15) is 0 Å². The summed E-state index contributed by atoms with van der Waals surface area (Å²) in [5.74, 6) is 0.741. The molecule has 7 aromatic rings. The van der Waals surface area contributed by atoms with Crippen molar-refractivity contribution in [2.45, 2.75) is 40.0 Å². The summed E-state index contributed by atoms with van der Waals surface area (Å²) in [6.45, 7) is 7.19. The average molecular weight is 515 g/mol. The minimum Gasteiger partial charge on any atom is -0.0804 e. The van der Waals surface area contributed by atoms with Crippen molar-refractivity contribution in [1.82, 2.24) is 0 Å². The molecule has 1 atom stereocenters. The second-order valence-electron chi connectivity index (χ2n) is 12.9. The van der Waals surface area contributed by atoms with Gasteiger partial charge in [0.1, 0.15) is 0 Å². The number of benzene rings is 7. The molecule has 0 nitrogen and oxygen atoms in total. The fraction of sp³-hybridized carbons (Fsp3) is 0.200. The number of hydrogen-bond donors (Lipinski definition) is 0. The lowest BCUT2D eigenvalue weighted by Crippen LogP contribution is -2.22. The Bertz CT molecular complexity index is 2040. The highest BCUT2D eigenvalue weighted by molar-refractivity contribution is 6.28. The molecule has 0 fully saturated rings. The van der Waals surface area contributed by atoms with E-state index in [1.807, 2.05) is 0 Å². The van der Waals surface area contributed by atoms with E-state index >= 15 is 0 Å².